The molecule has 0 aromatic carbocycles. The Labute approximate surface area is 95.9 Å². The Hall–Kier alpha value is -1.57. The first-order chi connectivity index (χ1) is 7.19. The normalized spacial score (nSPS) is 14.4. The van der Waals surface area contributed by atoms with E-state index in [0.29, 0.717) is 4.74 Å². The fourth-order valence-corrected chi connectivity index (χ4v) is 1.17. The molecule has 16 heavy (non-hydrogen) atoms. The molecule has 0 aromatic heterocycles. The topological polar surface area (TPSA) is 76.2 Å². The number of carbonyl (C=O) groups excluding carboxylic acids is 1. The molecule has 0 spiro atoms. The molecule has 0 aliphatic carbocycles. The molecule has 0 saturated carbocycles. The largest absolute Gasteiger partial charge is 0.623 e. The number of hydroxylamine groups is 1. The van der Waals surface area contributed by atoms with Crippen molar-refractivity contribution in [3.8, 4) is 6.07 Å². The van der Waals surface area contributed by atoms with Crippen LogP contribution in [0.1, 0.15) is 34.6 Å². The van der Waals surface area contributed by atoms with Crippen LogP contribution in [0.25, 0.3) is 0 Å². The lowest BCUT2D eigenvalue weighted by Crippen LogP contribution is -2.41. The van der Waals surface area contributed by atoms with Crippen LogP contribution >= 0.6 is 0 Å². The third-order valence-electron chi connectivity index (χ3n) is 1.74. The van der Waals surface area contributed by atoms with Crippen LogP contribution in [0.4, 0.5) is 0 Å². The number of hydrogen-bond donors (Lipinski definition) is 0. The predicted octanol–water partition coefficient (Wildman–Crippen LogP) is 1.46. The van der Waals surface area contributed by atoms with Crippen LogP contribution in [-0.2, 0) is 9.53 Å². The van der Waals surface area contributed by atoms with Gasteiger partial charge in [-0.05, 0) is 20.8 Å². The standard InChI is InChI=1S/C11H18N2O3/c1-8(2)9(13(15)7-6-12)10(14)16-11(3,4)5/h7-9H,1-5H3/b13-7-/t9-/m0/s1. The van der Waals surface area contributed by atoms with Crippen LogP contribution in [0, 0.1) is 22.5 Å². The minimum Gasteiger partial charge on any atom is -0.623 e. The molecule has 0 rings (SSSR count). The predicted molar refractivity (Wildman–Crippen MR) is 59.8 cm³/mol. The molecule has 0 amide bonds. The van der Waals surface area contributed by atoms with Crippen molar-refractivity contribution in [2.24, 2.45) is 5.92 Å². The number of rotatable bonds is 3. The van der Waals surface area contributed by atoms with Crippen LogP contribution in [0.2, 0.25) is 0 Å². The van der Waals surface area contributed by atoms with Gasteiger partial charge in [-0.15, -0.1) is 0 Å². The number of nitrogens with zero attached hydrogens (tertiary/aromatic N) is 2. The van der Waals surface area contributed by atoms with Gasteiger partial charge in [0.15, 0.2) is 6.07 Å². The average molecular weight is 226 g/mol. The van der Waals surface area contributed by atoms with Gasteiger partial charge in [-0.25, -0.2) is 4.79 Å². The van der Waals surface area contributed by atoms with Crippen molar-refractivity contribution in [1.29, 1.82) is 5.26 Å². The molecule has 90 valence electrons. The lowest BCUT2D eigenvalue weighted by atomic mass is 10.0. The highest BCUT2D eigenvalue weighted by Gasteiger charge is 2.34. The van der Waals surface area contributed by atoms with Gasteiger partial charge in [-0.3, -0.25) is 0 Å². The smallest absolute Gasteiger partial charge is 0.377 e. The second-order valence-electron chi connectivity index (χ2n) is 4.84. The summed E-state index contributed by atoms with van der Waals surface area (Å²) in [6, 6.07) is 0.628. The van der Waals surface area contributed by atoms with Crippen LogP contribution in [0.15, 0.2) is 0 Å². The third-order valence-corrected chi connectivity index (χ3v) is 1.74. The van der Waals surface area contributed by atoms with E-state index in [9.17, 15) is 10.0 Å². The Balaban J connectivity index is 4.90. The highest BCUT2D eigenvalue weighted by atomic mass is 16.6. The summed E-state index contributed by atoms with van der Waals surface area (Å²) in [5, 5.41) is 19.8. The summed E-state index contributed by atoms with van der Waals surface area (Å²) in [5.41, 5.74) is -0.641. The summed E-state index contributed by atoms with van der Waals surface area (Å²) >= 11 is 0. The molecule has 5 nitrogen and oxygen atoms in total. The van der Waals surface area contributed by atoms with Crippen LogP contribution in [-0.4, -0.2) is 28.6 Å². The zero-order chi connectivity index (χ0) is 12.9. The van der Waals surface area contributed by atoms with Crippen LogP contribution in [0.5, 0.6) is 0 Å². The molecule has 0 aliphatic rings. The SMILES string of the molecule is CC(C)[C@@H](C(=O)OC(C)(C)C)/[N+]([O-])=C/C#N. The summed E-state index contributed by atoms with van der Waals surface area (Å²) in [5.74, 6) is -0.832. The average Bonchev–Trinajstić information content (AvgIpc) is 1.99. The number of carbonyl (C=O) groups is 1. The zero-order valence-corrected chi connectivity index (χ0v) is 10.4. The summed E-state index contributed by atoms with van der Waals surface area (Å²) in [7, 11) is 0. The second kappa shape index (κ2) is 5.50. The van der Waals surface area contributed by atoms with E-state index in [1.54, 1.807) is 40.7 Å². The Kier molecular flexibility index (Phi) is 4.96. The highest BCUT2D eigenvalue weighted by Crippen LogP contribution is 2.14. The molecule has 0 N–H and O–H groups in total. The van der Waals surface area contributed by atoms with Crippen molar-refractivity contribution in [1.82, 2.24) is 0 Å². The van der Waals surface area contributed by atoms with E-state index in [-0.39, 0.29) is 5.92 Å². The number of hydrogen-bond acceptors (Lipinski definition) is 4. The van der Waals surface area contributed by atoms with Gasteiger partial charge in [0, 0.05) is 5.92 Å². The molecule has 0 aromatic rings. The molecular formula is C11H18N2O3. The molecule has 0 saturated heterocycles. The van der Waals surface area contributed by atoms with E-state index in [4.69, 9.17) is 10.00 Å². The van der Waals surface area contributed by atoms with Gasteiger partial charge in [-0.1, -0.05) is 13.8 Å². The van der Waals surface area contributed by atoms with Gasteiger partial charge in [0.25, 0.3) is 12.3 Å². The van der Waals surface area contributed by atoms with E-state index in [2.05, 4.69) is 0 Å². The zero-order valence-electron chi connectivity index (χ0n) is 10.4. The molecule has 5 heteroatoms. The minimum absolute atomic E-state index is 0.225. The third kappa shape index (κ3) is 4.78. The first kappa shape index (κ1) is 14.4. The quantitative estimate of drug-likeness (QED) is 0.240. The van der Waals surface area contributed by atoms with Gasteiger partial charge in [0.05, 0.1) is 0 Å². The van der Waals surface area contributed by atoms with E-state index in [1.807, 2.05) is 0 Å². The minimum atomic E-state index is -0.973. The fourth-order valence-electron chi connectivity index (χ4n) is 1.17. The van der Waals surface area contributed by atoms with Gasteiger partial charge in [0.2, 0.25) is 0 Å². The van der Waals surface area contributed by atoms with E-state index < -0.39 is 17.6 Å². The van der Waals surface area contributed by atoms with Crippen LogP contribution in [0.3, 0.4) is 0 Å². The first-order valence-electron chi connectivity index (χ1n) is 5.10. The van der Waals surface area contributed by atoms with Gasteiger partial charge >= 0.3 is 5.97 Å². The van der Waals surface area contributed by atoms with Crippen molar-refractivity contribution in [2.45, 2.75) is 46.3 Å². The van der Waals surface area contributed by atoms with Crippen molar-refractivity contribution in [3.63, 3.8) is 0 Å². The lowest BCUT2D eigenvalue weighted by molar-refractivity contribution is -0.493. The molecular weight excluding hydrogens is 208 g/mol. The van der Waals surface area contributed by atoms with Gasteiger partial charge < -0.3 is 9.94 Å². The summed E-state index contributed by atoms with van der Waals surface area (Å²) in [4.78, 5) is 11.7. The van der Waals surface area contributed by atoms with Crippen molar-refractivity contribution < 1.29 is 14.3 Å². The van der Waals surface area contributed by atoms with E-state index >= 15 is 0 Å². The summed E-state index contributed by atoms with van der Waals surface area (Å²) < 4.78 is 5.46. The number of esters is 1. The first-order valence-corrected chi connectivity index (χ1v) is 5.10. The Morgan fingerprint density at radius 3 is 2.31 bits per heavy atom. The Morgan fingerprint density at radius 1 is 1.50 bits per heavy atom. The maximum Gasteiger partial charge on any atom is 0.377 e. The molecule has 0 radical (unpaired) electrons. The van der Waals surface area contributed by atoms with Crippen LogP contribution < -0.4 is 0 Å². The highest BCUT2D eigenvalue weighted by molar-refractivity contribution is 5.77. The van der Waals surface area contributed by atoms with Crippen molar-refractivity contribution in [2.75, 3.05) is 0 Å². The molecule has 0 aliphatic heterocycles. The monoisotopic (exact) mass is 226 g/mol. The summed E-state index contributed by atoms with van der Waals surface area (Å²) in [6.45, 7) is 8.64. The fraction of sp³-hybridized carbons (Fsp3) is 0.727. The molecule has 0 bridgehead atoms. The molecule has 0 heterocycles. The summed E-state index contributed by atoms with van der Waals surface area (Å²) in [6.07, 6.45) is 0.772. The van der Waals surface area contributed by atoms with Gasteiger partial charge in [-0.2, -0.15) is 10.0 Å². The number of nitriles is 1. The number of ether oxygens (including phenoxy) is 1. The maximum atomic E-state index is 11.7. The second-order valence-corrected chi connectivity index (χ2v) is 4.84. The molecule has 1 atom stereocenters. The molecule has 0 unspecified atom stereocenters. The van der Waals surface area contributed by atoms with Crippen molar-refractivity contribution >= 4 is 12.2 Å². The molecule has 0 fully saturated rings. The van der Waals surface area contributed by atoms with Crippen molar-refractivity contribution in [3.05, 3.63) is 5.21 Å². The Bertz CT molecular complexity index is 321. The lowest BCUT2D eigenvalue weighted by Gasteiger charge is -2.24. The van der Waals surface area contributed by atoms with E-state index in [1.165, 1.54) is 0 Å². The Morgan fingerprint density at radius 2 is 2.00 bits per heavy atom. The van der Waals surface area contributed by atoms with E-state index in [0.717, 1.165) is 6.21 Å². The van der Waals surface area contributed by atoms with Gasteiger partial charge in [0.1, 0.15) is 5.60 Å². The maximum absolute atomic E-state index is 11.7.